The van der Waals surface area contributed by atoms with Crippen molar-refractivity contribution in [2.45, 2.75) is 6.10 Å². The summed E-state index contributed by atoms with van der Waals surface area (Å²) in [6, 6.07) is 12.2. The highest BCUT2D eigenvalue weighted by molar-refractivity contribution is 5.86. The molecule has 0 spiro atoms. The summed E-state index contributed by atoms with van der Waals surface area (Å²) < 4.78 is 9.94. The van der Waals surface area contributed by atoms with Crippen molar-refractivity contribution in [3.05, 3.63) is 65.7 Å². The first-order valence-electron chi connectivity index (χ1n) is 6.40. The second-order valence-corrected chi connectivity index (χ2v) is 4.51. The number of ether oxygens (including phenoxy) is 1. The molecule has 1 aromatic carbocycles. The van der Waals surface area contributed by atoms with Gasteiger partial charge in [-0.05, 0) is 29.8 Å². The van der Waals surface area contributed by atoms with Crippen molar-refractivity contribution in [1.29, 1.82) is 0 Å². The molecular weight excluding hydrogens is 270 g/mol. The van der Waals surface area contributed by atoms with Crippen molar-refractivity contribution in [3.63, 3.8) is 0 Å². The van der Waals surface area contributed by atoms with Crippen LogP contribution in [0.4, 0.5) is 0 Å². The lowest BCUT2D eigenvalue weighted by Crippen LogP contribution is -2.01. The highest BCUT2D eigenvalue weighted by Crippen LogP contribution is 2.29. The third-order valence-electron chi connectivity index (χ3n) is 3.26. The fourth-order valence-electron chi connectivity index (χ4n) is 2.23. The minimum Gasteiger partial charge on any atom is -0.463 e. The third-order valence-corrected chi connectivity index (χ3v) is 3.26. The number of nitrogens with zero attached hydrogens (tertiary/aromatic N) is 1. The molecule has 0 saturated heterocycles. The lowest BCUT2D eigenvalue weighted by Gasteiger charge is -2.11. The molecule has 5 nitrogen and oxygen atoms in total. The lowest BCUT2D eigenvalue weighted by atomic mass is 10.0. The van der Waals surface area contributed by atoms with Gasteiger partial charge in [-0.2, -0.15) is 0 Å². The van der Waals surface area contributed by atoms with Crippen LogP contribution in [0.3, 0.4) is 0 Å². The van der Waals surface area contributed by atoms with E-state index in [2.05, 4.69) is 9.72 Å². The Labute approximate surface area is 120 Å². The highest BCUT2D eigenvalue weighted by atomic mass is 16.5. The van der Waals surface area contributed by atoms with E-state index in [-0.39, 0.29) is 11.5 Å². The molecule has 21 heavy (non-hydrogen) atoms. The third kappa shape index (κ3) is 2.39. The fourth-order valence-corrected chi connectivity index (χ4v) is 2.23. The van der Waals surface area contributed by atoms with Crippen LogP contribution in [0.5, 0.6) is 0 Å². The molecule has 0 aliphatic rings. The van der Waals surface area contributed by atoms with Crippen LogP contribution in [-0.4, -0.2) is 23.2 Å². The number of aliphatic hydroxyl groups is 1. The first-order valence-corrected chi connectivity index (χ1v) is 6.40. The molecule has 0 aliphatic carbocycles. The average Bonchev–Trinajstić information content (AvgIpc) is 3.03. The Morgan fingerprint density at radius 3 is 2.90 bits per heavy atom. The number of carbonyl (C=O) groups excluding carboxylic acids is 1. The zero-order valence-corrected chi connectivity index (χ0v) is 11.3. The first-order chi connectivity index (χ1) is 10.2. The van der Waals surface area contributed by atoms with Gasteiger partial charge in [-0.3, -0.25) is 4.98 Å². The van der Waals surface area contributed by atoms with Crippen LogP contribution in [0.25, 0.3) is 10.9 Å². The molecule has 0 saturated carbocycles. The second-order valence-electron chi connectivity index (χ2n) is 4.51. The standard InChI is InChI=1S/C16H13NO4/c1-20-16(19)14-8-7-13(21-14)15(18)11-4-2-6-12-10(11)5-3-9-17-12/h2-9,15,18H,1H3. The van der Waals surface area contributed by atoms with Crippen LogP contribution in [0.15, 0.2) is 53.1 Å². The number of aliphatic hydroxyl groups excluding tert-OH is 1. The number of hydrogen-bond donors (Lipinski definition) is 1. The van der Waals surface area contributed by atoms with Gasteiger partial charge in [0.05, 0.1) is 12.6 Å². The number of pyridine rings is 1. The molecule has 1 unspecified atom stereocenters. The van der Waals surface area contributed by atoms with E-state index in [0.717, 1.165) is 10.9 Å². The van der Waals surface area contributed by atoms with E-state index in [1.807, 2.05) is 18.2 Å². The van der Waals surface area contributed by atoms with Gasteiger partial charge in [0.15, 0.2) is 0 Å². The van der Waals surface area contributed by atoms with Crippen molar-refractivity contribution < 1.29 is 19.1 Å². The molecule has 0 aliphatic heterocycles. The van der Waals surface area contributed by atoms with Gasteiger partial charge in [0, 0.05) is 11.6 Å². The van der Waals surface area contributed by atoms with E-state index >= 15 is 0 Å². The van der Waals surface area contributed by atoms with Gasteiger partial charge in [-0.15, -0.1) is 0 Å². The van der Waals surface area contributed by atoms with Crippen molar-refractivity contribution in [2.24, 2.45) is 0 Å². The molecular formula is C16H13NO4. The molecule has 1 atom stereocenters. The van der Waals surface area contributed by atoms with E-state index in [4.69, 9.17) is 4.42 Å². The van der Waals surface area contributed by atoms with Gasteiger partial charge in [-0.25, -0.2) is 4.79 Å². The number of furan rings is 1. The van der Waals surface area contributed by atoms with E-state index < -0.39 is 12.1 Å². The first kappa shape index (κ1) is 13.3. The zero-order valence-electron chi connectivity index (χ0n) is 11.3. The number of methoxy groups -OCH3 is 1. The average molecular weight is 283 g/mol. The summed E-state index contributed by atoms with van der Waals surface area (Å²) in [6.07, 6.45) is 0.720. The van der Waals surface area contributed by atoms with Crippen LogP contribution in [0.2, 0.25) is 0 Å². The van der Waals surface area contributed by atoms with Gasteiger partial charge >= 0.3 is 5.97 Å². The number of esters is 1. The maximum atomic E-state index is 11.4. The van der Waals surface area contributed by atoms with E-state index in [0.29, 0.717) is 5.56 Å². The number of fused-ring (bicyclic) bond motifs is 1. The molecule has 5 heteroatoms. The number of carbonyl (C=O) groups is 1. The highest BCUT2D eigenvalue weighted by Gasteiger charge is 2.19. The molecule has 2 heterocycles. The molecule has 3 rings (SSSR count). The SMILES string of the molecule is COC(=O)c1ccc(C(O)c2cccc3ncccc23)o1. The maximum absolute atomic E-state index is 11.4. The van der Waals surface area contributed by atoms with Crippen LogP contribution in [-0.2, 0) is 4.74 Å². The molecule has 3 aromatic rings. The number of benzene rings is 1. The summed E-state index contributed by atoms with van der Waals surface area (Å²) in [5.41, 5.74) is 1.46. The predicted octanol–water partition coefficient (Wildman–Crippen LogP) is 2.70. The second kappa shape index (κ2) is 5.38. The van der Waals surface area contributed by atoms with Crippen molar-refractivity contribution >= 4 is 16.9 Å². The normalized spacial score (nSPS) is 12.3. The molecule has 2 aromatic heterocycles. The topological polar surface area (TPSA) is 72.6 Å². The minimum atomic E-state index is -0.976. The van der Waals surface area contributed by atoms with Crippen molar-refractivity contribution in [1.82, 2.24) is 4.98 Å². The van der Waals surface area contributed by atoms with Gasteiger partial charge in [0.1, 0.15) is 11.9 Å². The largest absolute Gasteiger partial charge is 0.463 e. The molecule has 106 valence electrons. The Kier molecular flexibility index (Phi) is 3.41. The smallest absolute Gasteiger partial charge is 0.373 e. The molecule has 1 N–H and O–H groups in total. The maximum Gasteiger partial charge on any atom is 0.373 e. The summed E-state index contributed by atoms with van der Waals surface area (Å²) >= 11 is 0. The minimum absolute atomic E-state index is 0.0601. The monoisotopic (exact) mass is 283 g/mol. The predicted molar refractivity (Wildman–Crippen MR) is 75.9 cm³/mol. The van der Waals surface area contributed by atoms with Gasteiger partial charge < -0.3 is 14.3 Å². The number of aromatic nitrogens is 1. The summed E-state index contributed by atoms with van der Waals surface area (Å²) in [7, 11) is 1.28. The summed E-state index contributed by atoms with van der Waals surface area (Å²) in [5, 5.41) is 11.3. The van der Waals surface area contributed by atoms with Gasteiger partial charge in [0.25, 0.3) is 0 Å². The Bertz CT molecular complexity index is 788. The number of rotatable bonds is 3. The Morgan fingerprint density at radius 1 is 1.24 bits per heavy atom. The quantitative estimate of drug-likeness (QED) is 0.748. The summed E-state index contributed by atoms with van der Waals surface area (Å²) in [6.45, 7) is 0. The Hall–Kier alpha value is -2.66. The molecule has 0 amide bonds. The number of hydrogen-bond acceptors (Lipinski definition) is 5. The van der Waals surface area contributed by atoms with Crippen LogP contribution < -0.4 is 0 Å². The zero-order chi connectivity index (χ0) is 14.8. The van der Waals surface area contributed by atoms with E-state index in [1.165, 1.54) is 13.2 Å². The van der Waals surface area contributed by atoms with E-state index in [1.54, 1.807) is 24.4 Å². The molecule has 0 radical (unpaired) electrons. The van der Waals surface area contributed by atoms with E-state index in [9.17, 15) is 9.90 Å². The van der Waals surface area contributed by atoms with Crippen LogP contribution >= 0.6 is 0 Å². The summed E-state index contributed by atoms with van der Waals surface area (Å²) in [4.78, 5) is 15.6. The van der Waals surface area contributed by atoms with Crippen LogP contribution in [0, 0.1) is 0 Å². The van der Waals surface area contributed by atoms with Crippen molar-refractivity contribution in [3.8, 4) is 0 Å². The molecule has 0 fully saturated rings. The fraction of sp³-hybridized carbons (Fsp3) is 0.125. The summed E-state index contributed by atoms with van der Waals surface area (Å²) in [5.74, 6) is -0.232. The van der Waals surface area contributed by atoms with Gasteiger partial charge in [0.2, 0.25) is 5.76 Å². The van der Waals surface area contributed by atoms with Crippen LogP contribution in [0.1, 0.15) is 28.0 Å². The Balaban J connectivity index is 2.02. The Morgan fingerprint density at radius 2 is 2.10 bits per heavy atom. The molecule has 0 bridgehead atoms. The van der Waals surface area contributed by atoms with Crippen molar-refractivity contribution in [2.75, 3.05) is 7.11 Å². The lowest BCUT2D eigenvalue weighted by molar-refractivity contribution is 0.0558. The van der Waals surface area contributed by atoms with Gasteiger partial charge in [-0.1, -0.05) is 18.2 Å².